The van der Waals surface area contributed by atoms with E-state index in [0.717, 1.165) is 31.7 Å². The number of nitrogens with zero attached hydrogens (tertiary/aromatic N) is 1. The van der Waals surface area contributed by atoms with Gasteiger partial charge >= 0.3 is 0 Å². The molecule has 0 spiro atoms. The number of benzene rings is 2. The molecule has 0 saturated carbocycles. The monoisotopic (exact) mass is 391 g/mol. The molecule has 0 aliphatic carbocycles. The van der Waals surface area contributed by atoms with E-state index in [-0.39, 0.29) is 24.3 Å². The van der Waals surface area contributed by atoms with Crippen LogP contribution in [0.3, 0.4) is 0 Å². The van der Waals surface area contributed by atoms with E-state index < -0.39 is 0 Å². The van der Waals surface area contributed by atoms with Crippen molar-refractivity contribution in [3.8, 4) is 5.75 Å². The Labute approximate surface area is 171 Å². The van der Waals surface area contributed by atoms with Gasteiger partial charge in [0.2, 0.25) is 5.91 Å². The summed E-state index contributed by atoms with van der Waals surface area (Å²) in [6, 6.07) is 17.3. The molecule has 5 heteroatoms. The van der Waals surface area contributed by atoms with Crippen molar-refractivity contribution in [3.63, 3.8) is 0 Å². The van der Waals surface area contributed by atoms with Gasteiger partial charge in [0.15, 0.2) is 6.04 Å². The predicted octanol–water partition coefficient (Wildman–Crippen LogP) is 2.48. The lowest BCUT2D eigenvalue weighted by molar-refractivity contribution is -0.909. The smallest absolute Gasteiger partial charge is 0.292 e. The van der Waals surface area contributed by atoms with E-state index in [0.29, 0.717) is 12.3 Å². The summed E-state index contributed by atoms with van der Waals surface area (Å²) in [6.07, 6.45) is 4.34. The highest BCUT2D eigenvalue weighted by atomic mass is 16.5. The molecule has 29 heavy (non-hydrogen) atoms. The van der Waals surface area contributed by atoms with Crippen LogP contribution in [0.25, 0.3) is 5.57 Å². The van der Waals surface area contributed by atoms with Gasteiger partial charge in [-0.15, -0.1) is 0 Å². The van der Waals surface area contributed by atoms with E-state index in [1.165, 1.54) is 20.9 Å². The molecule has 0 bridgehead atoms. The number of ether oxygens (including phenoxy) is 1. The van der Waals surface area contributed by atoms with E-state index >= 15 is 0 Å². The van der Waals surface area contributed by atoms with Crippen molar-refractivity contribution in [1.29, 1.82) is 0 Å². The van der Waals surface area contributed by atoms with Gasteiger partial charge in [0, 0.05) is 6.42 Å². The number of quaternary nitrogens is 1. The summed E-state index contributed by atoms with van der Waals surface area (Å²) in [5, 5.41) is 0. The van der Waals surface area contributed by atoms with Gasteiger partial charge in [-0.1, -0.05) is 37.3 Å². The van der Waals surface area contributed by atoms with E-state index in [1.54, 1.807) is 12.1 Å². The van der Waals surface area contributed by atoms with E-state index in [1.807, 2.05) is 30.3 Å². The third kappa shape index (κ3) is 4.10. The zero-order valence-electron chi connectivity index (χ0n) is 16.8. The van der Waals surface area contributed by atoms with Gasteiger partial charge in [-0.2, -0.15) is 0 Å². The van der Waals surface area contributed by atoms with Crippen LogP contribution in [0.5, 0.6) is 5.75 Å². The summed E-state index contributed by atoms with van der Waals surface area (Å²) in [5.74, 6) is 0.544. The minimum absolute atomic E-state index is 0.0937. The maximum absolute atomic E-state index is 13.1. The number of rotatable bonds is 6. The summed E-state index contributed by atoms with van der Waals surface area (Å²) < 4.78 is 5.59. The van der Waals surface area contributed by atoms with E-state index in [2.05, 4.69) is 25.1 Å². The molecule has 1 unspecified atom stereocenters. The fraction of sp³-hybridized carbons (Fsp3) is 0.333. The van der Waals surface area contributed by atoms with Crippen molar-refractivity contribution in [2.24, 2.45) is 0 Å². The molecular formula is C24H27N2O3+. The van der Waals surface area contributed by atoms with Crippen LogP contribution in [-0.4, -0.2) is 37.6 Å². The summed E-state index contributed by atoms with van der Waals surface area (Å²) in [4.78, 5) is 28.2. The van der Waals surface area contributed by atoms with Crippen LogP contribution in [0.15, 0.2) is 60.7 Å². The zero-order chi connectivity index (χ0) is 20.2. The lowest BCUT2D eigenvalue weighted by Gasteiger charge is -2.27. The molecule has 1 saturated heterocycles. The topological polar surface area (TPSA) is 51.0 Å². The van der Waals surface area contributed by atoms with Gasteiger partial charge in [-0.25, -0.2) is 4.90 Å². The zero-order valence-corrected chi connectivity index (χ0v) is 16.8. The second-order valence-corrected chi connectivity index (χ2v) is 7.62. The standard InChI is InChI=1S/C24H26N2O3/c1-2-16-29-21-10-8-20(9-11-21)26-23(27)17-22(24(26)28)25-14-12-19(13-15-25)18-6-4-3-5-7-18/h3-12,22H,2,13-17H2,1H3/p+1/t22-/m0/s1. The maximum atomic E-state index is 13.1. The summed E-state index contributed by atoms with van der Waals surface area (Å²) in [6.45, 7) is 4.34. The van der Waals surface area contributed by atoms with Crippen LogP contribution in [0.2, 0.25) is 0 Å². The minimum atomic E-state index is -0.299. The van der Waals surface area contributed by atoms with Gasteiger partial charge in [-0.05, 0) is 47.9 Å². The van der Waals surface area contributed by atoms with Gasteiger partial charge in [0.25, 0.3) is 5.91 Å². The molecule has 2 aromatic carbocycles. The van der Waals surface area contributed by atoms with Gasteiger partial charge in [0.05, 0.1) is 31.8 Å². The molecular weight excluding hydrogens is 364 g/mol. The molecule has 5 nitrogen and oxygen atoms in total. The van der Waals surface area contributed by atoms with Crippen LogP contribution < -0.4 is 14.5 Å². The second-order valence-electron chi connectivity index (χ2n) is 7.62. The van der Waals surface area contributed by atoms with Gasteiger partial charge in [-0.3, -0.25) is 9.59 Å². The first-order valence-corrected chi connectivity index (χ1v) is 10.4. The summed E-state index contributed by atoms with van der Waals surface area (Å²) in [5.41, 5.74) is 3.20. The first kappa shape index (κ1) is 19.4. The molecule has 2 atom stereocenters. The van der Waals surface area contributed by atoms with Crippen LogP contribution >= 0.6 is 0 Å². The molecule has 2 aliphatic rings. The minimum Gasteiger partial charge on any atom is -0.494 e. The number of anilines is 1. The third-order valence-corrected chi connectivity index (χ3v) is 5.68. The fourth-order valence-corrected chi connectivity index (χ4v) is 4.12. The summed E-state index contributed by atoms with van der Waals surface area (Å²) in [7, 11) is 0. The van der Waals surface area contributed by atoms with Crippen LogP contribution in [-0.2, 0) is 9.59 Å². The molecule has 0 aromatic heterocycles. The number of imide groups is 1. The average molecular weight is 391 g/mol. The van der Waals surface area contributed by atoms with Crippen molar-refractivity contribution in [2.75, 3.05) is 24.6 Å². The molecule has 1 N–H and O–H groups in total. The Balaban J connectivity index is 1.44. The molecule has 4 rings (SSSR count). The number of carbonyl (C=O) groups is 2. The van der Waals surface area contributed by atoms with Crippen molar-refractivity contribution < 1.29 is 19.2 Å². The Morgan fingerprint density at radius 2 is 1.83 bits per heavy atom. The summed E-state index contributed by atoms with van der Waals surface area (Å²) >= 11 is 0. The highest BCUT2D eigenvalue weighted by molar-refractivity contribution is 6.21. The quantitative estimate of drug-likeness (QED) is 0.770. The third-order valence-electron chi connectivity index (χ3n) is 5.68. The van der Waals surface area contributed by atoms with Crippen molar-refractivity contribution in [2.45, 2.75) is 32.2 Å². The molecule has 2 aliphatic heterocycles. The number of nitrogens with one attached hydrogen (secondary N) is 1. The molecule has 0 radical (unpaired) electrons. The average Bonchev–Trinajstić information content (AvgIpc) is 3.07. The van der Waals surface area contributed by atoms with Crippen LogP contribution in [0.4, 0.5) is 5.69 Å². The first-order valence-electron chi connectivity index (χ1n) is 10.4. The predicted molar refractivity (Wildman–Crippen MR) is 113 cm³/mol. The van der Waals surface area contributed by atoms with Crippen molar-refractivity contribution in [1.82, 2.24) is 0 Å². The van der Waals surface area contributed by atoms with Crippen molar-refractivity contribution in [3.05, 3.63) is 66.2 Å². The van der Waals surface area contributed by atoms with Gasteiger partial charge in [0.1, 0.15) is 5.75 Å². The fourth-order valence-electron chi connectivity index (χ4n) is 4.12. The largest absolute Gasteiger partial charge is 0.494 e. The molecule has 1 fully saturated rings. The number of hydrogen-bond donors (Lipinski definition) is 1. The van der Waals surface area contributed by atoms with E-state index in [9.17, 15) is 9.59 Å². The number of carbonyl (C=O) groups excluding carboxylic acids is 2. The first-order chi connectivity index (χ1) is 14.2. The Morgan fingerprint density at radius 1 is 1.07 bits per heavy atom. The van der Waals surface area contributed by atoms with E-state index in [4.69, 9.17) is 4.74 Å². The molecule has 2 aromatic rings. The van der Waals surface area contributed by atoms with Crippen molar-refractivity contribution >= 4 is 23.1 Å². The molecule has 150 valence electrons. The highest BCUT2D eigenvalue weighted by Crippen LogP contribution is 2.25. The Morgan fingerprint density at radius 3 is 2.48 bits per heavy atom. The number of hydrogen-bond acceptors (Lipinski definition) is 3. The lowest BCUT2D eigenvalue weighted by Crippen LogP contribution is -3.17. The lowest BCUT2D eigenvalue weighted by atomic mass is 9.98. The Kier molecular flexibility index (Phi) is 5.76. The van der Waals surface area contributed by atoms with Crippen LogP contribution in [0.1, 0.15) is 31.7 Å². The second kappa shape index (κ2) is 8.62. The van der Waals surface area contributed by atoms with Crippen LogP contribution in [0, 0.1) is 0 Å². The molecule has 2 amide bonds. The number of amides is 2. The molecule has 2 heterocycles. The maximum Gasteiger partial charge on any atom is 0.292 e. The Hall–Kier alpha value is -2.92. The SMILES string of the molecule is CCCOc1ccc(N2C(=O)C[C@H]([NH+]3CC=C(c4ccccc4)CC3)C2=O)cc1. The normalized spacial score (nSPS) is 22.0. The van der Waals surface area contributed by atoms with Gasteiger partial charge < -0.3 is 9.64 Å². The Bertz CT molecular complexity index is 905. The highest BCUT2D eigenvalue weighted by Gasteiger charge is 2.45.